The van der Waals surface area contributed by atoms with Crippen LogP contribution in [0.3, 0.4) is 0 Å². The summed E-state index contributed by atoms with van der Waals surface area (Å²) in [6.45, 7) is 4.50. The number of carbonyl (C=O) groups is 2. The Kier molecular flexibility index (Phi) is 5.16. The highest BCUT2D eigenvalue weighted by Gasteiger charge is 2.20. The van der Waals surface area contributed by atoms with Crippen LogP contribution in [0.25, 0.3) is 0 Å². The van der Waals surface area contributed by atoms with Crippen molar-refractivity contribution in [3.05, 3.63) is 50.8 Å². The van der Waals surface area contributed by atoms with E-state index in [1.807, 2.05) is 0 Å². The lowest BCUT2D eigenvalue weighted by Crippen LogP contribution is -2.22. The predicted octanol–water partition coefficient (Wildman–Crippen LogP) is 2.05. The standard InChI is InChI=1S/C16H18N4O5/c1-9-12(6-5-7-13(9)20(23)24)16(22)25-8-14(21)17-15-10(2)18-19(4)11(15)3/h5-7H,8H2,1-4H3,(H,17,21). The number of hydrogen-bond acceptors (Lipinski definition) is 6. The molecule has 1 heterocycles. The van der Waals surface area contributed by atoms with E-state index in [0.29, 0.717) is 11.4 Å². The summed E-state index contributed by atoms with van der Waals surface area (Å²) in [6, 6.07) is 4.11. The van der Waals surface area contributed by atoms with Gasteiger partial charge in [-0.1, -0.05) is 6.07 Å². The van der Waals surface area contributed by atoms with Crippen molar-refractivity contribution in [3.63, 3.8) is 0 Å². The lowest BCUT2D eigenvalue weighted by Gasteiger charge is -2.08. The van der Waals surface area contributed by atoms with Gasteiger partial charge in [-0.2, -0.15) is 5.10 Å². The lowest BCUT2D eigenvalue weighted by molar-refractivity contribution is -0.385. The summed E-state index contributed by atoms with van der Waals surface area (Å²) in [5.41, 5.74) is 2.05. The molecule has 1 amide bonds. The van der Waals surface area contributed by atoms with Gasteiger partial charge in [-0.3, -0.25) is 19.6 Å². The molecule has 0 saturated heterocycles. The molecule has 0 unspecified atom stereocenters. The van der Waals surface area contributed by atoms with Gasteiger partial charge in [0.05, 0.1) is 27.6 Å². The predicted molar refractivity (Wildman–Crippen MR) is 89.4 cm³/mol. The average molecular weight is 346 g/mol. The largest absolute Gasteiger partial charge is 0.452 e. The minimum Gasteiger partial charge on any atom is -0.452 e. The molecule has 9 heteroatoms. The number of hydrogen-bond donors (Lipinski definition) is 1. The molecule has 1 aromatic heterocycles. The molecule has 25 heavy (non-hydrogen) atoms. The number of amides is 1. The van der Waals surface area contributed by atoms with Crippen molar-refractivity contribution in [2.45, 2.75) is 20.8 Å². The summed E-state index contributed by atoms with van der Waals surface area (Å²) in [5.74, 6) is -1.31. The summed E-state index contributed by atoms with van der Waals surface area (Å²) in [4.78, 5) is 34.4. The highest BCUT2D eigenvalue weighted by Crippen LogP contribution is 2.22. The van der Waals surface area contributed by atoms with Crippen molar-refractivity contribution in [3.8, 4) is 0 Å². The Balaban J connectivity index is 2.04. The molecular formula is C16H18N4O5. The van der Waals surface area contributed by atoms with Crippen LogP contribution >= 0.6 is 0 Å². The van der Waals surface area contributed by atoms with Gasteiger partial charge in [-0.15, -0.1) is 0 Å². The van der Waals surface area contributed by atoms with Gasteiger partial charge >= 0.3 is 5.97 Å². The molecule has 0 aliphatic heterocycles. The summed E-state index contributed by atoms with van der Waals surface area (Å²) >= 11 is 0. The molecule has 9 nitrogen and oxygen atoms in total. The fourth-order valence-electron chi connectivity index (χ4n) is 2.38. The first-order valence-electron chi connectivity index (χ1n) is 7.43. The smallest absolute Gasteiger partial charge is 0.339 e. The van der Waals surface area contributed by atoms with Crippen molar-refractivity contribution in [1.82, 2.24) is 9.78 Å². The zero-order chi connectivity index (χ0) is 18.7. The van der Waals surface area contributed by atoms with E-state index in [1.54, 1.807) is 25.6 Å². The van der Waals surface area contributed by atoms with Gasteiger partial charge in [-0.05, 0) is 26.8 Å². The Morgan fingerprint density at radius 1 is 1.32 bits per heavy atom. The molecule has 0 fully saturated rings. The number of nitro groups is 1. The number of aromatic nitrogens is 2. The van der Waals surface area contributed by atoms with Crippen LogP contribution in [-0.4, -0.2) is 33.2 Å². The van der Waals surface area contributed by atoms with Crippen LogP contribution in [0.1, 0.15) is 27.3 Å². The number of aryl methyl sites for hydroxylation is 2. The van der Waals surface area contributed by atoms with Crippen molar-refractivity contribution in [1.29, 1.82) is 0 Å². The molecule has 1 aromatic carbocycles. The number of anilines is 1. The van der Waals surface area contributed by atoms with Gasteiger partial charge in [0.2, 0.25) is 0 Å². The number of esters is 1. The first-order chi connectivity index (χ1) is 11.7. The van der Waals surface area contributed by atoms with Crippen LogP contribution in [-0.2, 0) is 16.6 Å². The Morgan fingerprint density at radius 3 is 2.56 bits per heavy atom. The fourth-order valence-corrected chi connectivity index (χ4v) is 2.38. The third-order valence-electron chi connectivity index (χ3n) is 3.83. The maximum absolute atomic E-state index is 12.1. The Labute approximate surface area is 143 Å². The molecule has 132 valence electrons. The van der Waals surface area contributed by atoms with Crippen LogP contribution in [0.5, 0.6) is 0 Å². The normalized spacial score (nSPS) is 10.4. The van der Waals surface area contributed by atoms with Crippen LogP contribution in [0, 0.1) is 30.9 Å². The number of carbonyl (C=O) groups excluding carboxylic acids is 2. The molecule has 0 radical (unpaired) electrons. The van der Waals surface area contributed by atoms with Crippen molar-refractivity contribution in [2.75, 3.05) is 11.9 Å². The summed E-state index contributed by atoms with van der Waals surface area (Å²) in [7, 11) is 1.75. The van der Waals surface area contributed by atoms with Gasteiger partial charge in [0.1, 0.15) is 0 Å². The molecule has 0 saturated carbocycles. The first-order valence-corrected chi connectivity index (χ1v) is 7.43. The number of nitrogens with one attached hydrogen (secondary N) is 1. The molecular weight excluding hydrogens is 328 g/mol. The zero-order valence-corrected chi connectivity index (χ0v) is 14.3. The number of benzene rings is 1. The highest BCUT2D eigenvalue weighted by molar-refractivity contribution is 5.97. The first kappa shape index (κ1) is 18.1. The zero-order valence-electron chi connectivity index (χ0n) is 14.3. The lowest BCUT2D eigenvalue weighted by atomic mass is 10.1. The molecule has 0 bridgehead atoms. The van der Waals surface area contributed by atoms with Crippen LogP contribution in [0.4, 0.5) is 11.4 Å². The van der Waals surface area contributed by atoms with E-state index >= 15 is 0 Å². The van der Waals surface area contributed by atoms with E-state index in [9.17, 15) is 19.7 Å². The second-order valence-corrected chi connectivity index (χ2v) is 5.50. The molecule has 1 N–H and O–H groups in total. The van der Waals surface area contributed by atoms with Gasteiger partial charge in [0.15, 0.2) is 6.61 Å². The third-order valence-corrected chi connectivity index (χ3v) is 3.83. The van der Waals surface area contributed by atoms with Gasteiger partial charge in [-0.25, -0.2) is 4.79 Å². The molecule has 0 aliphatic carbocycles. The SMILES string of the molecule is Cc1nn(C)c(C)c1NC(=O)COC(=O)c1cccc([N+](=O)[O-])c1C. The van der Waals surface area contributed by atoms with Crippen molar-refractivity contribution < 1.29 is 19.2 Å². The Hall–Kier alpha value is -3.23. The number of rotatable bonds is 5. The van der Waals surface area contributed by atoms with E-state index in [-0.39, 0.29) is 16.8 Å². The number of ether oxygens (including phenoxy) is 1. The third kappa shape index (κ3) is 3.82. The fraction of sp³-hybridized carbons (Fsp3) is 0.312. The molecule has 0 atom stereocenters. The molecule has 2 aromatic rings. The quantitative estimate of drug-likeness (QED) is 0.503. The summed E-state index contributed by atoms with van der Waals surface area (Å²) in [6.07, 6.45) is 0. The summed E-state index contributed by atoms with van der Waals surface area (Å²) < 4.78 is 6.59. The van der Waals surface area contributed by atoms with Crippen LogP contribution in [0.2, 0.25) is 0 Å². The number of nitrogens with zero attached hydrogens (tertiary/aromatic N) is 3. The molecule has 0 spiro atoms. The molecule has 2 rings (SSSR count). The monoisotopic (exact) mass is 346 g/mol. The minimum absolute atomic E-state index is 0.0516. The van der Waals surface area contributed by atoms with Gasteiger partial charge in [0.25, 0.3) is 11.6 Å². The highest BCUT2D eigenvalue weighted by atomic mass is 16.6. The second-order valence-electron chi connectivity index (χ2n) is 5.50. The summed E-state index contributed by atoms with van der Waals surface area (Å²) in [5, 5.41) is 17.7. The maximum atomic E-state index is 12.1. The van der Waals surface area contributed by atoms with Crippen molar-refractivity contribution >= 4 is 23.3 Å². The van der Waals surface area contributed by atoms with E-state index in [1.165, 1.54) is 25.1 Å². The average Bonchev–Trinajstić information content (AvgIpc) is 2.79. The van der Waals surface area contributed by atoms with Crippen LogP contribution in [0.15, 0.2) is 18.2 Å². The van der Waals surface area contributed by atoms with E-state index in [2.05, 4.69) is 10.4 Å². The Bertz CT molecular complexity index is 856. The second kappa shape index (κ2) is 7.12. The van der Waals surface area contributed by atoms with Crippen molar-refractivity contribution in [2.24, 2.45) is 7.05 Å². The Morgan fingerprint density at radius 2 is 2.00 bits per heavy atom. The maximum Gasteiger partial charge on any atom is 0.339 e. The van der Waals surface area contributed by atoms with E-state index < -0.39 is 23.4 Å². The van der Waals surface area contributed by atoms with E-state index in [4.69, 9.17) is 4.74 Å². The van der Waals surface area contributed by atoms with E-state index in [0.717, 1.165) is 5.69 Å². The number of nitro benzene ring substituents is 1. The van der Waals surface area contributed by atoms with Crippen LogP contribution < -0.4 is 5.32 Å². The topological polar surface area (TPSA) is 116 Å². The van der Waals surface area contributed by atoms with Gasteiger partial charge in [0, 0.05) is 18.7 Å². The molecule has 0 aliphatic rings. The van der Waals surface area contributed by atoms with Gasteiger partial charge < -0.3 is 10.1 Å². The minimum atomic E-state index is -0.795.